The minimum absolute atomic E-state index is 0.246. The van der Waals surface area contributed by atoms with Crippen LogP contribution in [0.25, 0.3) is 23.0 Å². The first kappa shape index (κ1) is 24.4. The second-order valence-corrected chi connectivity index (χ2v) is 7.75. The summed E-state index contributed by atoms with van der Waals surface area (Å²) in [6.45, 7) is -0.178. The highest BCUT2D eigenvalue weighted by Crippen LogP contribution is 2.25. The molecular weight excluding hydrogens is 461 g/mol. The monoisotopic (exact) mass is 485 g/mol. The van der Waals surface area contributed by atoms with Crippen molar-refractivity contribution >= 4 is 18.0 Å². The molecule has 1 N–H and O–H groups in total. The summed E-state index contributed by atoms with van der Waals surface area (Å²) in [5, 5.41) is 7.31. The van der Waals surface area contributed by atoms with E-state index < -0.39 is 18.5 Å². The molecule has 0 saturated carbocycles. The van der Waals surface area contributed by atoms with Crippen molar-refractivity contribution in [3.05, 3.63) is 108 Å². The lowest BCUT2D eigenvalue weighted by atomic mass is 10.1. The van der Waals surface area contributed by atoms with E-state index in [4.69, 9.17) is 9.47 Å². The van der Waals surface area contributed by atoms with Crippen molar-refractivity contribution in [2.45, 2.75) is 6.54 Å². The number of carbonyl (C=O) groups is 2. The Bertz CT molecular complexity index is 1370. The molecule has 0 atom stereocenters. The summed E-state index contributed by atoms with van der Waals surface area (Å²) in [6.07, 6.45) is 4.55. The number of carbonyl (C=O) groups excluding carboxylic acids is 2. The zero-order chi connectivity index (χ0) is 25.3. The Labute approximate surface area is 207 Å². The first-order valence-electron chi connectivity index (χ1n) is 11.2. The predicted octanol–water partition coefficient (Wildman–Crippen LogP) is 4.56. The standard InChI is InChI=1S/C28H24FN3O4/c1-35-25-10-6-5-7-21(25)17-30-26(33)19-36-27(34)16-13-22-18-32(24-8-3-2-4-9-24)31-28(22)20-11-14-23(29)15-12-20/h2-16,18H,17,19H2,1H3,(H,30,33)/b16-13+. The third kappa shape index (κ3) is 6.24. The zero-order valence-corrected chi connectivity index (χ0v) is 19.6. The van der Waals surface area contributed by atoms with E-state index in [2.05, 4.69) is 10.4 Å². The van der Waals surface area contributed by atoms with Crippen LogP contribution < -0.4 is 10.1 Å². The molecular formula is C28H24FN3O4. The number of para-hydroxylation sites is 2. The van der Waals surface area contributed by atoms with E-state index in [0.29, 0.717) is 22.6 Å². The van der Waals surface area contributed by atoms with Gasteiger partial charge >= 0.3 is 5.97 Å². The number of ether oxygens (including phenoxy) is 2. The fraction of sp³-hybridized carbons (Fsp3) is 0.107. The molecule has 0 radical (unpaired) electrons. The van der Waals surface area contributed by atoms with Gasteiger partial charge in [-0.1, -0.05) is 36.4 Å². The van der Waals surface area contributed by atoms with Crippen LogP contribution in [-0.4, -0.2) is 35.4 Å². The van der Waals surface area contributed by atoms with Crippen molar-refractivity contribution in [2.75, 3.05) is 13.7 Å². The highest BCUT2D eigenvalue weighted by Gasteiger charge is 2.12. The second kappa shape index (κ2) is 11.6. The van der Waals surface area contributed by atoms with Crippen LogP contribution in [0.4, 0.5) is 4.39 Å². The topological polar surface area (TPSA) is 82.5 Å². The zero-order valence-electron chi connectivity index (χ0n) is 19.6. The maximum Gasteiger partial charge on any atom is 0.331 e. The molecule has 8 heteroatoms. The Morgan fingerprint density at radius 3 is 2.47 bits per heavy atom. The molecule has 0 bridgehead atoms. The molecule has 182 valence electrons. The van der Waals surface area contributed by atoms with Crippen LogP contribution in [0.1, 0.15) is 11.1 Å². The second-order valence-electron chi connectivity index (χ2n) is 7.75. The molecule has 0 aliphatic rings. The van der Waals surface area contributed by atoms with Gasteiger partial charge in [-0.3, -0.25) is 4.79 Å². The van der Waals surface area contributed by atoms with Crippen molar-refractivity contribution in [2.24, 2.45) is 0 Å². The fourth-order valence-electron chi connectivity index (χ4n) is 3.49. The number of halogens is 1. The third-order valence-electron chi connectivity index (χ3n) is 5.29. The molecule has 1 aromatic heterocycles. The number of hydrogen-bond donors (Lipinski definition) is 1. The summed E-state index contributed by atoms with van der Waals surface area (Å²) >= 11 is 0. The average Bonchev–Trinajstić information content (AvgIpc) is 3.35. The van der Waals surface area contributed by atoms with Gasteiger partial charge in [0.2, 0.25) is 0 Å². The van der Waals surface area contributed by atoms with Gasteiger partial charge in [-0.2, -0.15) is 5.10 Å². The molecule has 0 aliphatic carbocycles. The van der Waals surface area contributed by atoms with Crippen molar-refractivity contribution in [3.63, 3.8) is 0 Å². The molecule has 0 unspecified atom stereocenters. The summed E-state index contributed by atoms with van der Waals surface area (Å²) in [5.41, 5.74) is 3.52. The molecule has 0 saturated heterocycles. The number of hydrogen-bond acceptors (Lipinski definition) is 5. The van der Waals surface area contributed by atoms with Crippen molar-refractivity contribution in [1.29, 1.82) is 0 Å². The smallest absolute Gasteiger partial charge is 0.331 e. The number of esters is 1. The van der Waals surface area contributed by atoms with Gasteiger partial charge in [-0.05, 0) is 48.5 Å². The first-order valence-corrected chi connectivity index (χ1v) is 11.2. The molecule has 7 nitrogen and oxygen atoms in total. The first-order chi connectivity index (χ1) is 17.5. The predicted molar refractivity (Wildman–Crippen MR) is 134 cm³/mol. The number of amides is 1. The van der Waals surface area contributed by atoms with Crippen LogP contribution in [0.5, 0.6) is 5.75 Å². The number of nitrogens with one attached hydrogen (secondary N) is 1. The lowest BCUT2D eigenvalue weighted by Gasteiger charge is -2.09. The van der Waals surface area contributed by atoms with E-state index in [1.165, 1.54) is 18.2 Å². The van der Waals surface area contributed by atoms with Gasteiger partial charge in [0.15, 0.2) is 6.61 Å². The van der Waals surface area contributed by atoms with Gasteiger partial charge in [0, 0.05) is 35.5 Å². The van der Waals surface area contributed by atoms with Crippen LogP contribution >= 0.6 is 0 Å². The maximum atomic E-state index is 13.4. The van der Waals surface area contributed by atoms with E-state index in [1.54, 1.807) is 42.3 Å². The molecule has 0 spiro atoms. The van der Waals surface area contributed by atoms with E-state index in [9.17, 15) is 14.0 Å². The van der Waals surface area contributed by atoms with E-state index in [-0.39, 0.29) is 12.4 Å². The fourth-order valence-corrected chi connectivity index (χ4v) is 3.49. The summed E-state index contributed by atoms with van der Waals surface area (Å²) in [6, 6.07) is 22.7. The summed E-state index contributed by atoms with van der Waals surface area (Å²) in [4.78, 5) is 24.4. The lowest BCUT2D eigenvalue weighted by molar-refractivity contribution is -0.143. The van der Waals surface area contributed by atoms with Gasteiger partial charge in [-0.25, -0.2) is 13.9 Å². The van der Waals surface area contributed by atoms with E-state index in [1.807, 2.05) is 48.5 Å². The number of nitrogens with zero attached hydrogens (tertiary/aromatic N) is 2. The number of aromatic nitrogens is 2. The van der Waals surface area contributed by atoms with Crippen LogP contribution in [-0.2, 0) is 20.9 Å². The van der Waals surface area contributed by atoms with Gasteiger partial charge in [0.1, 0.15) is 11.6 Å². The van der Waals surface area contributed by atoms with Crippen LogP contribution in [0.15, 0.2) is 91.1 Å². The molecule has 4 rings (SSSR count). The third-order valence-corrected chi connectivity index (χ3v) is 5.29. The molecule has 1 amide bonds. The van der Waals surface area contributed by atoms with Crippen molar-refractivity contribution < 1.29 is 23.5 Å². The molecule has 0 fully saturated rings. The quantitative estimate of drug-likeness (QED) is 0.278. The highest BCUT2D eigenvalue weighted by atomic mass is 19.1. The van der Waals surface area contributed by atoms with Gasteiger partial charge < -0.3 is 14.8 Å². The summed E-state index contributed by atoms with van der Waals surface area (Å²) in [7, 11) is 1.56. The Morgan fingerprint density at radius 2 is 1.72 bits per heavy atom. The average molecular weight is 486 g/mol. The number of benzene rings is 3. The largest absolute Gasteiger partial charge is 0.496 e. The van der Waals surface area contributed by atoms with Crippen molar-refractivity contribution in [1.82, 2.24) is 15.1 Å². The Kier molecular flexibility index (Phi) is 7.87. The van der Waals surface area contributed by atoms with Gasteiger partial charge in [-0.15, -0.1) is 0 Å². The molecule has 0 aliphatic heterocycles. The molecule has 4 aromatic rings. The molecule has 3 aromatic carbocycles. The highest BCUT2D eigenvalue weighted by molar-refractivity contribution is 5.90. The van der Waals surface area contributed by atoms with Gasteiger partial charge in [0.05, 0.1) is 18.5 Å². The van der Waals surface area contributed by atoms with E-state index >= 15 is 0 Å². The lowest BCUT2D eigenvalue weighted by Crippen LogP contribution is -2.28. The number of rotatable bonds is 9. The number of methoxy groups -OCH3 is 1. The Morgan fingerprint density at radius 1 is 1.00 bits per heavy atom. The van der Waals surface area contributed by atoms with Crippen LogP contribution in [0.2, 0.25) is 0 Å². The van der Waals surface area contributed by atoms with Crippen molar-refractivity contribution in [3.8, 4) is 22.7 Å². The maximum absolute atomic E-state index is 13.4. The normalized spacial score (nSPS) is 10.8. The van der Waals surface area contributed by atoms with E-state index in [0.717, 1.165) is 11.3 Å². The molecule has 1 heterocycles. The van der Waals surface area contributed by atoms with Crippen LogP contribution in [0.3, 0.4) is 0 Å². The minimum Gasteiger partial charge on any atom is -0.496 e. The minimum atomic E-state index is -0.681. The SMILES string of the molecule is COc1ccccc1CNC(=O)COC(=O)/C=C/c1cn(-c2ccccc2)nc1-c1ccc(F)cc1. The summed E-state index contributed by atoms with van der Waals surface area (Å²) < 4.78 is 25.4. The Balaban J connectivity index is 1.42. The van der Waals surface area contributed by atoms with Gasteiger partial charge in [0.25, 0.3) is 5.91 Å². The Hall–Kier alpha value is -4.72. The van der Waals surface area contributed by atoms with Crippen LogP contribution in [0, 0.1) is 5.82 Å². The molecule has 36 heavy (non-hydrogen) atoms. The summed E-state index contributed by atoms with van der Waals surface area (Å²) in [5.74, 6) is -0.817.